The molecule has 0 spiro atoms. The third-order valence-corrected chi connectivity index (χ3v) is 4.43. The topological polar surface area (TPSA) is 76.8 Å². The van der Waals surface area contributed by atoms with Crippen LogP contribution in [0.25, 0.3) is 11.4 Å². The van der Waals surface area contributed by atoms with E-state index in [0.717, 1.165) is 17.0 Å². The number of amides is 1. The Labute approximate surface area is 145 Å². The van der Waals surface area contributed by atoms with E-state index in [1.54, 1.807) is 24.3 Å². The molecule has 3 heterocycles. The van der Waals surface area contributed by atoms with E-state index >= 15 is 0 Å². The van der Waals surface area contributed by atoms with Crippen molar-refractivity contribution in [3.05, 3.63) is 59.9 Å². The lowest BCUT2D eigenvalue weighted by Gasteiger charge is -2.31. The van der Waals surface area contributed by atoms with Crippen molar-refractivity contribution in [3.63, 3.8) is 0 Å². The van der Waals surface area contributed by atoms with Crippen LogP contribution in [-0.2, 0) is 17.8 Å². The van der Waals surface area contributed by atoms with Crippen LogP contribution in [0.3, 0.4) is 0 Å². The van der Waals surface area contributed by atoms with Gasteiger partial charge in [-0.25, -0.2) is 9.97 Å². The zero-order valence-electron chi connectivity index (χ0n) is 14.1. The SMILES string of the molecule is Cc1ncc(-c2nnc3n2[C@@H](Cc2ccccc2)C(=O)N(C)C3)cn1. The van der Waals surface area contributed by atoms with E-state index in [1.807, 2.05) is 41.8 Å². The Balaban J connectivity index is 1.79. The molecule has 0 unspecified atom stereocenters. The van der Waals surface area contributed by atoms with E-state index in [2.05, 4.69) is 20.2 Å². The zero-order valence-corrected chi connectivity index (χ0v) is 14.1. The molecule has 0 aliphatic carbocycles. The molecule has 1 aliphatic heterocycles. The van der Waals surface area contributed by atoms with E-state index in [1.165, 1.54) is 0 Å². The first-order valence-corrected chi connectivity index (χ1v) is 8.15. The Bertz CT molecular complexity index is 903. The standard InChI is InChI=1S/C18H18N6O/c1-12-19-9-14(10-20-12)17-22-21-16-11-23(2)18(25)15(24(16)17)8-13-6-4-3-5-7-13/h3-7,9-10,15H,8,11H2,1-2H3/t15-/m0/s1. The molecule has 4 rings (SSSR count). The minimum Gasteiger partial charge on any atom is -0.336 e. The predicted molar refractivity (Wildman–Crippen MR) is 91.4 cm³/mol. The summed E-state index contributed by atoms with van der Waals surface area (Å²) in [7, 11) is 1.80. The number of nitrogens with zero attached hydrogens (tertiary/aromatic N) is 6. The molecule has 0 saturated heterocycles. The molecule has 7 nitrogen and oxygen atoms in total. The Morgan fingerprint density at radius 1 is 1.12 bits per heavy atom. The van der Waals surface area contributed by atoms with Gasteiger partial charge in [-0.05, 0) is 12.5 Å². The first-order valence-electron chi connectivity index (χ1n) is 8.15. The monoisotopic (exact) mass is 334 g/mol. The molecule has 0 saturated carbocycles. The molecule has 1 aliphatic rings. The third-order valence-electron chi connectivity index (χ3n) is 4.43. The maximum Gasteiger partial charge on any atom is 0.246 e. The van der Waals surface area contributed by atoms with Crippen molar-refractivity contribution in [1.82, 2.24) is 29.6 Å². The second-order valence-corrected chi connectivity index (χ2v) is 6.23. The molecule has 1 atom stereocenters. The molecule has 126 valence electrons. The average Bonchev–Trinajstić information content (AvgIpc) is 3.04. The van der Waals surface area contributed by atoms with Gasteiger partial charge in [-0.1, -0.05) is 30.3 Å². The van der Waals surface area contributed by atoms with Gasteiger partial charge in [0.05, 0.1) is 12.1 Å². The van der Waals surface area contributed by atoms with Gasteiger partial charge in [0.2, 0.25) is 5.91 Å². The minimum atomic E-state index is -0.373. The Morgan fingerprint density at radius 2 is 1.84 bits per heavy atom. The van der Waals surface area contributed by atoms with Crippen LogP contribution in [0.2, 0.25) is 0 Å². The summed E-state index contributed by atoms with van der Waals surface area (Å²) in [4.78, 5) is 23.0. The molecule has 0 N–H and O–H groups in total. The van der Waals surface area contributed by atoms with Crippen LogP contribution in [-0.4, -0.2) is 42.6 Å². The molecule has 0 fully saturated rings. The summed E-state index contributed by atoms with van der Waals surface area (Å²) < 4.78 is 1.93. The lowest BCUT2D eigenvalue weighted by molar-refractivity contribution is -0.135. The van der Waals surface area contributed by atoms with Crippen LogP contribution in [0.4, 0.5) is 0 Å². The number of hydrogen-bond donors (Lipinski definition) is 0. The predicted octanol–water partition coefficient (Wildman–Crippen LogP) is 1.80. The van der Waals surface area contributed by atoms with E-state index in [0.29, 0.717) is 24.6 Å². The van der Waals surface area contributed by atoms with Crippen LogP contribution in [0.5, 0.6) is 0 Å². The summed E-state index contributed by atoms with van der Waals surface area (Å²) in [6.07, 6.45) is 4.04. The second-order valence-electron chi connectivity index (χ2n) is 6.23. The number of benzene rings is 1. The fraction of sp³-hybridized carbons (Fsp3) is 0.278. The highest BCUT2D eigenvalue weighted by atomic mass is 16.2. The van der Waals surface area contributed by atoms with Gasteiger partial charge in [0.15, 0.2) is 11.6 Å². The number of carbonyl (C=O) groups is 1. The maximum atomic E-state index is 12.8. The lowest BCUT2D eigenvalue weighted by atomic mass is 10.0. The molecular weight excluding hydrogens is 316 g/mol. The van der Waals surface area contributed by atoms with Crippen molar-refractivity contribution < 1.29 is 4.79 Å². The first-order chi connectivity index (χ1) is 12.1. The number of aromatic nitrogens is 5. The molecule has 1 aromatic carbocycles. The fourth-order valence-corrected chi connectivity index (χ4v) is 3.13. The van der Waals surface area contributed by atoms with Gasteiger partial charge in [-0.3, -0.25) is 9.36 Å². The highest BCUT2D eigenvalue weighted by Gasteiger charge is 2.34. The Hall–Kier alpha value is -3.09. The lowest BCUT2D eigenvalue weighted by Crippen LogP contribution is -2.41. The van der Waals surface area contributed by atoms with Crippen molar-refractivity contribution in [3.8, 4) is 11.4 Å². The molecule has 2 aromatic heterocycles. The normalized spacial score (nSPS) is 16.8. The van der Waals surface area contributed by atoms with Gasteiger partial charge in [0.25, 0.3) is 0 Å². The molecule has 0 radical (unpaired) electrons. The maximum absolute atomic E-state index is 12.8. The smallest absolute Gasteiger partial charge is 0.246 e. The van der Waals surface area contributed by atoms with E-state index in [4.69, 9.17) is 0 Å². The molecule has 7 heteroatoms. The van der Waals surface area contributed by atoms with Gasteiger partial charge < -0.3 is 4.90 Å². The van der Waals surface area contributed by atoms with Crippen molar-refractivity contribution in [1.29, 1.82) is 0 Å². The van der Waals surface area contributed by atoms with Crippen LogP contribution in [0, 0.1) is 6.92 Å². The third kappa shape index (κ3) is 2.77. The number of carbonyl (C=O) groups excluding carboxylic acids is 1. The van der Waals surface area contributed by atoms with Crippen LogP contribution >= 0.6 is 0 Å². The minimum absolute atomic E-state index is 0.0606. The Kier molecular flexibility index (Phi) is 3.76. The van der Waals surface area contributed by atoms with Crippen molar-refractivity contribution in [2.75, 3.05) is 7.05 Å². The largest absolute Gasteiger partial charge is 0.336 e. The number of likely N-dealkylation sites (N-methyl/N-ethyl adjacent to an activating group) is 1. The molecule has 1 amide bonds. The molecule has 0 bridgehead atoms. The van der Waals surface area contributed by atoms with Gasteiger partial charge >= 0.3 is 0 Å². The highest BCUT2D eigenvalue weighted by Crippen LogP contribution is 2.29. The van der Waals surface area contributed by atoms with Gasteiger partial charge in [0, 0.05) is 25.9 Å². The van der Waals surface area contributed by atoms with Crippen LogP contribution < -0.4 is 0 Å². The fourth-order valence-electron chi connectivity index (χ4n) is 3.13. The first kappa shape index (κ1) is 15.4. The molecule has 3 aromatic rings. The number of rotatable bonds is 3. The Morgan fingerprint density at radius 3 is 2.56 bits per heavy atom. The van der Waals surface area contributed by atoms with Gasteiger partial charge in [0.1, 0.15) is 11.9 Å². The van der Waals surface area contributed by atoms with E-state index in [9.17, 15) is 4.79 Å². The number of aryl methyl sites for hydroxylation is 1. The van der Waals surface area contributed by atoms with Crippen molar-refractivity contribution in [2.45, 2.75) is 25.9 Å². The molecule has 25 heavy (non-hydrogen) atoms. The van der Waals surface area contributed by atoms with E-state index < -0.39 is 0 Å². The average molecular weight is 334 g/mol. The molecular formula is C18H18N6O. The summed E-state index contributed by atoms with van der Waals surface area (Å²) in [5, 5.41) is 8.61. The summed E-state index contributed by atoms with van der Waals surface area (Å²) in [6, 6.07) is 9.61. The number of fused-ring (bicyclic) bond motifs is 1. The van der Waals surface area contributed by atoms with Gasteiger partial charge in [-0.15, -0.1) is 10.2 Å². The number of hydrogen-bond acceptors (Lipinski definition) is 5. The zero-order chi connectivity index (χ0) is 17.4. The summed E-state index contributed by atoms with van der Waals surface area (Å²) in [5.41, 5.74) is 1.86. The summed E-state index contributed by atoms with van der Waals surface area (Å²) >= 11 is 0. The summed E-state index contributed by atoms with van der Waals surface area (Å²) in [5.74, 6) is 2.17. The summed E-state index contributed by atoms with van der Waals surface area (Å²) in [6.45, 7) is 2.28. The van der Waals surface area contributed by atoms with Gasteiger partial charge in [-0.2, -0.15) is 0 Å². The second kappa shape index (κ2) is 6.08. The quantitative estimate of drug-likeness (QED) is 0.730. The van der Waals surface area contributed by atoms with Crippen LogP contribution in [0.15, 0.2) is 42.7 Å². The van der Waals surface area contributed by atoms with E-state index in [-0.39, 0.29) is 11.9 Å². The van der Waals surface area contributed by atoms with Crippen LogP contribution in [0.1, 0.15) is 23.3 Å². The highest BCUT2D eigenvalue weighted by molar-refractivity contribution is 5.82. The van der Waals surface area contributed by atoms with Crippen molar-refractivity contribution >= 4 is 5.91 Å². The van der Waals surface area contributed by atoms with Crippen molar-refractivity contribution in [2.24, 2.45) is 0 Å².